The van der Waals surface area contributed by atoms with Crippen molar-refractivity contribution in [2.24, 2.45) is 0 Å². The Kier molecular flexibility index (Phi) is 4.46. The van der Waals surface area contributed by atoms with Gasteiger partial charge in [0, 0.05) is 29.7 Å². The lowest BCUT2D eigenvalue weighted by Crippen LogP contribution is -2.23. The molecule has 3 rings (SSSR count). The predicted octanol–water partition coefficient (Wildman–Crippen LogP) is 2.95. The van der Waals surface area contributed by atoms with E-state index in [4.69, 9.17) is 4.74 Å². The molecule has 0 saturated heterocycles. The minimum Gasteiger partial charge on any atom is -0.496 e. The van der Waals surface area contributed by atoms with E-state index < -0.39 is 0 Å². The number of rotatable bonds is 5. The van der Waals surface area contributed by atoms with E-state index in [2.05, 4.69) is 15.4 Å². The second-order valence-corrected chi connectivity index (χ2v) is 5.81. The molecule has 0 aliphatic heterocycles. The van der Waals surface area contributed by atoms with Gasteiger partial charge in [-0.25, -0.2) is 9.67 Å². The van der Waals surface area contributed by atoms with Crippen LogP contribution >= 0.6 is 0 Å². The zero-order valence-electron chi connectivity index (χ0n) is 14.0. The lowest BCUT2D eigenvalue weighted by Gasteiger charge is -2.10. The van der Waals surface area contributed by atoms with E-state index in [9.17, 15) is 4.79 Å². The zero-order chi connectivity index (χ0) is 17.1. The Morgan fingerprint density at radius 1 is 1.29 bits per heavy atom. The average Bonchev–Trinajstić information content (AvgIpc) is 3.03. The van der Waals surface area contributed by atoms with E-state index in [1.54, 1.807) is 19.5 Å². The fourth-order valence-corrected chi connectivity index (χ4v) is 2.57. The quantitative estimate of drug-likeness (QED) is 0.783. The van der Waals surface area contributed by atoms with Gasteiger partial charge >= 0.3 is 0 Å². The minimum atomic E-state index is -0.174. The van der Waals surface area contributed by atoms with E-state index in [1.807, 2.05) is 48.9 Å². The fourth-order valence-electron chi connectivity index (χ4n) is 2.57. The van der Waals surface area contributed by atoms with E-state index in [-0.39, 0.29) is 11.9 Å². The number of hydrogen-bond acceptors (Lipinski definition) is 4. The smallest absolute Gasteiger partial charge is 0.253 e. The van der Waals surface area contributed by atoms with Crippen molar-refractivity contribution in [3.8, 4) is 5.75 Å². The predicted molar refractivity (Wildman–Crippen MR) is 92.1 cm³/mol. The molecule has 0 fully saturated rings. The van der Waals surface area contributed by atoms with E-state index in [0.717, 1.165) is 22.3 Å². The van der Waals surface area contributed by atoms with Crippen molar-refractivity contribution in [3.63, 3.8) is 0 Å². The molecule has 1 amide bonds. The van der Waals surface area contributed by atoms with Crippen molar-refractivity contribution in [3.05, 3.63) is 53.9 Å². The number of methoxy groups -OCH3 is 1. The van der Waals surface area contributed by atoms with E-state index in [1.165, 1.54) is 0 Å². The van der Waals surface area contributed by atoms with Gasteiger partial charge in [0.25, 0.3) is 5.91 Å². The number of benzene rings is 1. The molecule has 0 atom stereocenters. The molecule has 0 aliphatic rings. The molecule has 0 bridgehead atoms. The maximum Gasteiger partial charge on any atom is 0.253 e. The molecular formula is C18H20N4O2. The molecule has 0 spiro atoms. The Morgan fingerprint density at radius 2 is 2.08 bits per heavy atom. The number of para-hydroxylation sites is 1. The highest BCUT2D eigenvalue weighted by Gasteiger charge is 2.12. The molecule has 0 unspecified atom stereocenters. The molecular weight excluding hydrogens is 304 g/mol. The van der Waals surface area contributed by atoms with Crippen LogP contribution in [0.2, 0.25) is 0 Å². The van der Waals surface area contributed by atoms with Crippen LogP contribution in [0.1, 0.15) is 35.8 Å². The second-order valence-electron chi connectivity index (χ2n) is 5.81. The Morgan fingerprint density at radius 3 is 2.83 bits per heavy atom. The first-order valence-corrected chi connectivity index (χ1v) is 7.83. The second kappa shape index (κ2) is 6.70. The zero-order valence-corrected chi connectivity index (χ0v) is 14.0. The summed E-state index contributed by atoms with van der Waals surface area (Å²) in [6.45, 7) is 4.48. The minimum absolute atomic E-state index is 0.174. The summed E-state index contributed by atoms with van der Waals surface area (Å²) < 4.78 is 7.13. The van der Waals surface area contributed by atoms with Gasteiger partial charge in [0.15, 0.2) is 5.65 Å². The van der Waals surface area contributed by atoms with Crippen molar-refractivity contribution in [2.75, 3.05) is 7.11 Å². The number of nitrogens with zero attached hydrogens (tertiary/aromatic N) is 3. The van der Waals surface area contributed by atoms with Gasteiger partial charge in [-0.1, -0.05) is 18.2 Å². The van der Waals surface area contributed by atoms with Gasteiger partial charge < -0.3 is 10.1 Å². The van der Waals surface area contributed by atoms with Crippen LogP contribution in [0.15, 0.2) is 42.7 Å². The maximum absolute atomic E-state index is 12.4. The van der Waals surface area contributed by atoms with Crippen LogP contribution in [0.25, 0.3) is 11.0 Å². The van der Waals surface area contributed by atoms with Crippen molar-refractivity contribution in [1.29, 1.82) is 0 Å². The number of ether oxygens (including phenoxy) is 1. The molecule has 2 aromatic heterocycles. The largest absolute Gasteiger partial charge is 0.496 e. The highest BCUT2D eigenvalue weighted by Crippen LogP contribution is 2.18. The van der Waals surface area contributed by atoms with Crippen LogP contribution in [-0.2, 0) is 6.54 Å². The molecule has 3 aromatic rings. The first-order valence-electron chi connectivity index (χ1n) is 7.83. The average molecular weight is 324 g/mol. The molecule has 6 heteroatoms. The third-order valence-electron chi connectivity index (χ3n) is 3.82. The van der Waals surface area contributed by atoms with E-state index >= 15 is 0 Å². The van der Waals surface area contributed by atoms with Crippen LogP contribution in [0.5, 0.6) is 5.75 Å². The number of nitrogens with one attached hydrogen (secondary N) is 1. The van der Waals surface area contributed by atoms with Gasteiger partial charge in [-0.3, -0.25) is 4.79 Å². The normalized spacial score (nSPS) is 11.0. The molecule has 1 aromatic carbocycles. The first kappa shape index (κ1) is 16.0. The molecule has 124 valence electrons. The number of pyridine rings is 1. The molecule has 2 heterocycles. The molecule has 6 nitrogen and oxygen atoms in total. The summed E-state index contributed by atoms with van der Waals surface area (Å²) in [4.78, 5) is 16.8. The van der Waals surface area contributed by atoms with Gasteiger partial charge in [0.05, 0.1) is 18.9 Å². The SMILES string of the molecule is COc1ccccc1CNC(=O)c1cnc2c(cnn2C(C)C)c1. The Balaban J connectivity index is 1.76. The highest BCUT2D eigenvalue weighted by molar-refractivity contribution is 5.96. The van der Waals surface area contributed by atoms with Crippen LogP contribution < -0.4 is 10.1 Å². The number of carbonyl (C=O) groups excluding carboxylic acids is 1. The third-order valence-corrected chi connectivity index (χ3v) is 3.82. The van der Waals surface area contributed by atoms with Gasteiger partial charge in [0.2, 0.25) is 0 Å². The summed E-state index contributed by atoms with van der Waals surface area (Å²) in [6.07, 6.45) is 3.32. The third kappa shape index (κ3) is 3.08. The van der Waals surface area contributed by atoms with E-state index in [0.29, 0.717) is 12.1 Å². The monoisotopic (exact) mass is 324 g/mol. The van der Waals surface area contributed by atoms with Crippen LogP contribution in [0.3, 0.4) is 0 Å². The number of fused-ring (bicyclic) bond motifs is 1. The number of amides is 1. The molecule has 24 heavy (non-hydrogen) atoms. The first-order chi connectivity index (χ1) is 11.6. The van der Waals surface area contributed by atoms with Crippen molar-refractivity contribution in [2.45, 2.75) is 26.4 Å². The lowest BCUT2D eigenvalue weighted by atomic mass is 10.2. The standard InChI is InChI=1S/C18H20N4O2/c1-12(2)22-17-14(11-21-22)8-15(10-19-17)18(23)20-9-13-6-4-5-7-16(13)24-3/h4-8,10-12H,9H2,1-3H3,(H,20,23). The van der Waals surface area contributed by atoms with Gasteiger partial charge in [-0.15, -0.1) is 0 Å². The van der Waals surface area contributed by atoms with Gasteiger partial charge in [0.1, 0.15) is 5.75 Å². The van der Waals surface area contributed by atoms with Crippen molar-refractivity contribution >= 4 is 16.9 Å². The topological polar surface area (TPSA) is 69.0 Å². The molecule has 0 saturated carbocycles. The molecule has 1 N–H and O–H groups in total. The Hall–Kier alpha value is -2.89. The Bertz CT molecular complexity index is 870. The summed E-state index contributed by atoms with van der Waals surface area (Å²) in [5.41, 5.74) is 2.22. The number of hydrogen-bond donors (Lipinski definition) is 1. The van der Waals surface area contributed by atoms with Crippen molar-refractivity contribution < 1.29 is 9.53 Å². The maximum atomic E-state index is 12.4. The summed E-state index contributed by atoms with van der Waals surface area (Å²) >= 11 is 0. The van der Waals surface area contributed by atoms with Gasteiger partial charge in [-0.2, -0.15) is 5.10 Å². The fraction of sp³-hybridized carbons (Fsp3) is 0.278. The van der Waals surface area contributed by atoms with Gasteiger partial charge in [-0.05, 0) is 26.0 Å². The lowest BCUT2D eigenvalue weighted by molar-refractivity contribution is 0.0950. The highest BCUT2D eigenvalue weighted by atomic mass is 16.5. The van der Waals surface area contributed by atoms with Crippen LogP contribution in [-0.4, -0.2) is 27.8 Å². The summed E-state index contributed by atoms with van der Waals surface area (Å²) in [6, 6.07) is 9.64. The van der Waals surface area contributed by atoms with Crippen molar-refractivity contribution in [1.82, 2.24) is 20.1 Å². The molecule has 0 aliphatic carbocycles. The summed E-state index contributed by atoms with van der Waals surface area (Å²) in [5.74, 6) is 0.581. The Labute approximate surface area is 140 Å². The number of carbonyl (C=O) groups is 1. The number of aromatic nitrogens is 3. The summed E-state index contributed by atoms with van der Waals surface area (Å²) in [5, 5.41) is 8.07. The summed E-state index contributed by atoms with van der Waals surface area (Å²) in [7, 11) is 1.62. The molecule has 0 radical (unpaired) electrons. The van der Waals surface area contributed by atoms with Crippen LogP contribution in [0, 0.1) is 0 Å². The van der Waals surface area contributed by atoms with Crippen LogP contribution in [0.4, 0.5) is 0 Å².